The van der Waals surface area contributed by atoms with E-state index >= 15 is 0 Å². The summed E-state index contributed by atoms with van der Waals surface area (Å²) in [5.41, 5.74) is 1.97. The van der Waals surface area contributed by atoms with Gasteiger partial charge in [-0.15, -0.1) is 0 Å². The molecule has 1 aliphatic heterocycles. The first-order chi connectivity index (χ1) is 9.56. The van der Waals surface area contributed by atoms with Crippen molar-refractivity contribution in [1.29, 1.82) is 0 Å². The van der Waals surface area contributed by atoms with Gasteiger partial charge in [0.1, 0.15) is 5.82 Å². The van der Waals surface area contributed by atoms with Crippen molar-refractivity contribution >= 4 is 11.5 Å². The highest BCUT2D eigenvalue weighted by atomic mass is 16.5. The van der Waals surface area contributed by atoms with Gasteiger partial charge in [-0.25, -0.2) is 4.98 Å². The molecule has 0 radical (unpaired) electrons. The number of fused-ring (bicyclic) bond motifs is 1. The fraction of sp³-hybridized carbons (Fsp3) is 0.571. The SMILES string of the molecule is Cc1cc(NCC2(O)CCOCC2)n2nc(C)cc2n1. The number of anilines is 1. The molecule has 2 aromatic rings. The van der Waals surface area contributed by atoms with E-state index in [1.807, 2.05) is 26.0 Å². The Balaban J connectivity index is 1.83. The third-order valence-electron chi connectivity index (χ3n) is 3.70. The van der Waals surface area contributed by atoms with Gasteiger partial charge in [0, 0.05) is 50.4 Å². The van der Waals surface area contributed by atoms with Crippen LogP contribution >= 0.6 is 0 Å². The monoisotopic (exact) mass is 276 g/mol. The molecule has 1 aliphatic rings. The maximum Gasteiger partial charge on any atom is 0.157 e. The molecule has 0 atom stereocenters. The number of aryl methyl sites for hydroxylation is 2. The summed E-state index contributed by atoms with van der Waals surface area (Å²) in [5, 5.41) is 18.2. The standard InChI is InChI=1S/C14H20N4O2/c1-10-7-12(18-13(16-10)8-11(2)17-18)15-9-14(19)3-5-20-6-4-14/h7-8,15,19H,3-6,9H2,1-2H3. The summed E-state index contributed by atoms with van der Waals surface area (Å²) in [4.78, 5) is 4.45. The number of ether oxygens (including phenoxy) is 1. The van der Waals surface area contributed by atoms with Crippen LogP contribution in [0, 0.1) is 13.8 Å². The summed E-state index contributed by atoms with van der Waals surface area (Å²) in [7, 11) is 0. The molecule has 3 rings (SSSR count). The zero-order valence-corrected chi connectivity index (χ0v) is 11.9. The zero-order valence-electron chi connectivity index (χ0n) is 11.9. The van der Waals surface area contributed by atoms with E-state index in [4.69, 9.17) is 4.74 Å². The van der Waals surface area contributed by atoms with Crippen molar-refractivity contribution < 1.29 is 9.84 Å². The Morgan fingerprint density at radius 2 is 2.05 bits per heavy atom. The number of nitrogens with one attached hydrogen (secondary N) is 1. The predicted molar refractivity (Wildman–Crippen MR) is 76.0 cm³/mol. The lowest BCUT2D eigenvalue weighted by molar-refractivity contribution is -0.0544. The second kappa shape index (κ2) is 5.03. The molecule has 108 valence electrons. The Morgan fingerprint density at radius 1 is 1.30 bits per heavy atom. The molecule has 20 heavy (non-hydrogen) atoms. The molecule has 0 amide bonds. The van der Waals surface area contributed by atoms with Crippen molar-refractivity contribution in [3.05, 3.63) is 23.5 Å². The lowest BCUT2D eigenvalue weighted by Gasteiger charge is -2.32. The topological polar surface area (TPSA) is 71.7 Å². The number of hydrogen-bond acceptors (Lipinski definition) is 5. The molecule has 0 aliphatic carbocycles. The first kappa shape index (κ1) is 13.3. The number of nitrogens with zero attached hydrogens (tertiary/aromatic N) is 3. The average molecular weight is 276 g/mol. The number of rotatable bonds is 3. The highest BCUT2D eigenvalue weighted by Gasteiger charge is 2.29. The molecular formula is C14H20N4O2. The Morgan fingerprint density at radius 3 is 2.80 bits per heavy atom. The van der Waals surface area contributed by atoms with E-state index in [0.717, 1.165) is 22.9 Å². The molecule has 2 aromatic heterocycles. The summed E-state index contributed by atoms with van der Waals surface area (Å²) < 4.78 is 7.08. The molecule has 0 bridgehead atoms. The largest absolute Gasteiger partial charge is 0.388 e. The van der Waals surface area contributed by atoms with Gasteiger partial charge >= 0.3 is 0 Å². The first-order valence-corrected chi connectivity index (χ1v) is 6.94. The van der Waals surface area contributed by atoms with E-state index in [9.17, 15) is 5.11 Å². The van der Waals surface area contributed by atoms with E-state index in [0.29, 0.717) is 32.6 Å². The van der Waals surface area contributed by atoms with Gasteiger partial charge in [0.25, 0.3) is 0 Å². The fourth-order valence-electron chi connectivity index (χ4n) is 2.52. The maximum atomic E-state index is 10.5. The van der Waals surface area contributed by atoms with Crippen LogP contribution < -0.4 is 5.32 Å². The van der Waals surface area contributed by atoms with Gasteiger partial charge < -0.3 is 15.2 Å². The Kier molecular flexibility index (Phi) is 3.35. The lowest BCUT2D eigenvalue weighted by atomic mass is 9.94. The van der Waals surface area contributed by atoms with Crippen molar-refractivity contribution in [2.45, 2.75) is 32.3 Å². The van der Waals surface area contributed by atoms with Gasteiger partial charge in [-0.2, -0.15) is 9.61 Å². The second-order valence-corrected chi connectivity index (χ2v) is 5.53. The van der Waals surface area contributed by atoms with E-state index in [-0.39, 0.29) is 0 Å². The van der Waals surface area contributed by atoms with Crippen molar-refractivity contribution in [1.82, 2.24) is 14.6 Å². The molecular weight excluding hydrogens is 256 g/mol. The molecule has 0 unspecified atom stereocenters. The Labute approximate surface area is 117 Å². The Bertz CT molecular complexity index is 617. The zero-order chi connectivity index (χ0) is 14.2. The van der Waals surface area contributed by atoms with Gasteiger partial charge in [-0.1, -0.05) is 0 Å². The molecule has 3 heterocycles. The van der Waals surface area contributed by atoms with Gasteiger partial charge in [-0.3, -0.25) is 0 Å². The van der Waals surface area contributed by atoms with Gasteiger partial charge in [0.15, 0.2) is 5.65 Å². The van der Waals surface area contributed by atoms with Crippen LogP contribution in [0.25, 0.3) is 5.65 Å². The highest BCUT2D eigenvalue weighted by Crippen LogP contribution is 2.22. The molecule has 1 fully saturated rings. The predicted octanol–water partition coefficient (Wildman–Crippen LogP) is 1.30. The third kappa shape index (κ3) is 2.62. The summed E-state index contributed by atoms with van der Waals surface area (Å²) in [6, 6.07) is 3.89. The van der Waals surface area contributed by atoms with E-state index in [1.54, 1.807) is 4.52 Å². The van der Waals surface area contributed by atoms with Crippen molar-refractivity contribution in [2.24, 2.45) is 0 Å². The minimum atomic E-state index is -0.704. The van der Waals surface area contributed by atoms with Crippen LogP contribution in [0.2, 0.25) is 0 Å². The summed E-state index contributed by atoms with van der Waals surface area (Å²) in [6.45, 7) is 5.62. The lowest BCUT2D eigenvalue weighted by Crippen LogP contribution is -2.42. The maximum absolute atomic E-state index is 10.5. The third-order valence-corrected chi connectivity index (χ3v) is 3.70. The van der Waals surface area contributed by atoms with Crippen molar-refractivity contribution in [2.75, 3.05) is 25.1 Å². The van der Waals surface area contributed by atoms with Crippen LogP contribution in [0.5, 0.6) is 0 Å². The highest BCUT2D eigenvalue weighted by molar-refractivity contribution is 5.50. The normalized spacial score (nSPS) is 18.4. The van der Waals surface area contributed by atoms with Crippen LogP contribution in [-0.2, 0) is 4.74 Å². The Hall–Kier alpha value is -1.66. The van der Waals surface area contributed by atoms with Crippen molar-refractivity contribution in [3.63, 3.8) is 0 Å². The minimum absolute atomic E-state index is 0.494. The summed E-state index contributed by atoms with van der Waals surface area (Å²) in [6.07, 6.45) is 1.32. The molecule has 2 N–H and O–H groups in total. The molecule has 0 spiro atoms. The second-order valence-electron chi connectivity index (χ2n) is 5.53. The molecule has 6 heteroatoms. The van der Waals surface area contributed by atoms with Gasteiger partial charge in [-0.05, 0) is 13.8 Å². The molecule has 0 saturated carbocycles. The molecule has 6 nitrogen and oxygen atoms in total. The smallest absolute Gasteiger partial charge is 0.157 e. The molecule has 1 saturated heterocycles. The van der Waals surface area contributed by atoms with E-state index in [1.165, 1.54) is 0 Å². The number of aliphatic hydroxyl groups is 1. The van der Waals surface area contributed by atoms with Gasteiger partial charge in [0.2, 0.25) is 0 Å². The average Bonchev–Trinajstić information content (AvgIpc) is 2.77. The molecule has 0 aromatic carbocycles. The quantitative estimate of drug-likeness (QED) is 0.884. The van der Waals surface area contributed by atoms with E-state index in [2.05, 4.69) is 15.4 Å². The van der Waals surface area contributed by atoms with E-state index < -0.39 is 5.60 Å². The van der Waals surface area contributed by atoms with Crippen LogP contribution in [-0.4, -0.2) is 45.1 Å². The van der Waals surface area contributed by atoms with Crippen LogP contribution in [0.15, 0.2) is 12.1 Å². The van der Waals surface area contributed by atoms with Crippen LogP contribution in [0.1, 0.15) is 24.2 Å². The number of aromatic nitrogens is 3. The van der Waals surface area contributed by atoms with Crippen molar-refractivity contribution in [3.8, 4) is 0 Å². The van der Waals surface area contributed by atoms with Crippen LogP contribution in [0.3, 0.4) is 0 Å². The summed E-state index contributed by atoms with van der Waals surface area (Å²) >= 11 is 0. The van der Waals surface area contributed by atoms with Gasteiger partial charge in [0.05, 0.1) is 11.3 Å². The summed E-state index contributed by atoms with van der Waals surface area (Å²) in [5.74, 6) is 0.862. The minimum Gasteiger partial charge on any atom is -0.388 e. The first-order valence-electron chi connectivity index (χ1n) is 6.94. The number of hydrogen-bond donors (Lipinski definition) is 2. The van der Waals surface area contributed by atoms with Crippen LogP contribution in [0.4, 0.5) is 5.82 Å². The fourth-order valence-corrected chi connectivity index (χ4v) is 2.52.